The molecule has 0 atom stereocenters. The van der Waals surface area contributed by atoms with Crippen LogP contribution in [0.1, 0.15) is 11.3 Å². The zero-order valence-electron chi connectivity index (χ0n) is 14.7. The summed E-state index contributed by atoms with van der Waals surface area (Å²) in [4.78, 5) is 4.56. The predicted octanol–water partition coefficient (Wildman–Crippen LogP) is 5.15. The summed E-state index contributed by atoms with van der Waals surface area (Å²) in [6.45, 7) is 1.98. The first-order chi connectivity index (χ1) is 12.8. The lowest BCUT2D eigenvalue weighted by Gasteiger charge is -2.09. The van der Waals surface area contributed by atoms with Crippen molar-refractivity contribution < 1.29 is 4.74 Å². The molecule has 1 aromatic heterocycles. The van der Waals surface area contributed by atoms with Crippen molar-refractivity contribution in [2.75, 3.05) is 12.5 Å². The first-order valence-electron chi connectivity index (χ1n) is 8.47. The molecule has 0 spiro atoms. The third-order valence-electron chi connectivity index (χ3n) is 4.37. The minimum atomic E-state index is 0.796. The molecule has 1 N–H and O–H groups in total. The third kappa shape index (κ3) is 2.97. The van der Waals surface area contributed by atoms with Crippen LogP contribution < -0.4 is 10.2 Å². The van der Waals surface area contributed by atoms with Gasteiger partial charge in [0.05, 0.1) is 24.5 Å². The molecular formula is C22H19N3O. The molecule has 0 unspecified atom stereocenters. The fraction of sp³-hybridized carbons (Fsp3) is 0.0909. The number of nitrogens with zero attached hydrogens (tertiary/aromatic N) is 2. The summed E-state index contributed by atoms with van der Waals surface area (Å²) in [6.07, 6.45) is 1.81. The summed E-state index contributed by atoms with van der Waals surface area (Å²) in [7, 11) is 1.68. The van der Waals surface area contributed by atoms with Gasteiger partial charge in [-0.3, -0.25) is 10.4 Å². The zero-order valence-corrected chi connectivity index (χ0v) is 14.7. The number of pyridine rings is 1. The minimum Gasteiger partial charge on any atom is -0.496 e. The lowest BCUT2D eigenvalue weighted by atomic mass is 10.0. The Kier molecular flexibility index (Phi) is 4.23. The Hall–Kier alpha value is -3.40. The highest BCUT2D eigenvalue weighted by molar-refractivity contribution is 6.03. The molecule has 0 aliphatic carbocycles. The molecule has 0 saturated heterocycles. The van der Waals surface area contributed by atoms with Crippen molar-refractivity contribution in [2.45, 2.75) is 6.92 Å². The number of hydrogen-bond donors (Lipinski definition) is 1. The number of aromatic nitrogens is 1. The van der Waals surface area contributed by atoms with Crippen LogP contribution in [0, 0.1) is 6.92 Å². The van der Waals surface area contributed by atoms with Crippen molar-refractivity contribution in [3.8, 4) is 5.75 Å². The normalized spacial score (nSPS) is 11.3. The highest BCUT2D eigenvalue weighted by Crippen LogP contribution is 2.27. The maximum Gasteiger partial charge on any atom is 0.128 e. The van der Waals surface area contributed by atoms with Crippen LogP contribution in [0.25, 0.3) is 21.7 Å². The van der Waals surface area contributed by atoms with Gasteiger partial charge in [0.25, 0.3) is 0 Å². The number of hydrazone groups is 1. The number of benzene rings is 3. The second-order valence-electron chi connectivity index (χ2n) is 6.10. The van der Waals surface area contributed by atoms with Gasteiger partial charge in [0.2, 0.25) is 0 Å². The zero-order chi connectivity index (χ0) is 17.9. The number of aryl methyl sites for hydroxylation is 1. The molecule has 0 aliphatic heterocycles. The molecule has 4 nitrogen and oxygen atoms in total. The van der Waals surface area contributed by atoms with Crippen molar-refractivity contribution in [1.29, 1.82) is 0 Å². The smallest absolute Gasteiger partial charge is 0.128 e. The van der Waals surface area contributed by atoms with Crippen LogP contribution in [0.4, 0.5) is 5.69 Å². The summed E-state index contributed by atoms with van der Waals surface area (Å²) >= 11 is 0. The summed E-state index contributed by atoms with van der Waals surface area (Å²) in [6, 6.07) is 22.3. The van der Waals surface area contributed by atoms with Gasteiger partial charge in [0.1, 0.15) is 5.75 Å². The summed E-state index contributed by atoms with van der Waals surface area (Å²) in [5, 5.41) is 7.78. The second kappa shape index (κ2) is 6.84. The van der Waals surface area contributed by atoms with Crippen LogP contribution in [0.2, 0.25) is 0 Å². The number of nitrogens with one attached hydrogen (secondary N) is 1. The van der Waals surface area contributed by atoms with Gasteiger partial charge < -0.3 is 4.74 Å². The van der Waals surface area contributed by atoms with E-state index in [4.69, 9.17) is 4.74 Å². The molecule has 0 aliphatic rings. The second-order valence-corrected chi connectivity index (χ2v) is 6.10. The van der Waals surface area contributed by atoms with Crippen LogP contribution in [-0.4, -0.2) is 18.3 Å². The Labute approximate surface area is 152 Å². The molecule has 128 valence electrons. The van der Waals surface area contributed by atoms with Crippen molar-refractivity contribution in [3.63, 3.8) is 0 Å². The van der Waals surface area contributed by atoms with Gasteiger partial charge in [-0.25, -0.2) is 0 Å². The van der Waals surface area contributed by atoms with Crippen LogP contribution >= 0.6 is 0 Å². The van der Waals surface area contributed by atoms with Gasteiger partial charge in [0, 0.05) is 16.6 Å². The number of methoxy groups -OCH3 is 1. The number of para-hydroxylation sites is 1. The molecule has 4 heteroatoms. The van der Waals surface area contributed by atoms with E-state index in [0.29, 0.717) is 0 Å². The number of hydrogen-bond acceptors (Lipinski definition) is 4. The largest absolute Gasteiger partial charge is 0.496 e. The molecule has 1 heterocycles. The molecule has 0 saturated carbocycles. The quantitative estimate of drug-likeness (QED) is 0.412. The molecular weight excluding hydrogens is 322 g/mol. The third-order valence-corrected chi connectivity index (χ3v) is 4.37. The van der Waals surface area contributed by atoms with E-state index in [1.54, 1.807) is 7.11 Å². The van der Waals surface area contributed by atoms with Gasteiger partial charge in [-0.1, -0.05) is 48.5 Å². The van der Waals surface area contributed by atoms with E-state index in [-0.39, 0.29) is 0 Å². The lowest BCUT2D eigenvalue weighted by molar-refractivity contribution is 0.415. The highest BCUT2D eigenvalue weighted by atomic mass is 16.5. The number of anilines is 1. The van der Waals surface area contributed by atoms with E-state index >= 15 is 0 Å². The van der Waals surface area contributed by atoms with Crippen LogP contribution in [-0.2, 0) is 0 Å². The maximum absolute atomic E-state index is 5.52. The Balaban J connectivity index is 1.73. The van der Waals surface area contributed by atoms with Crippen molar-refractivity contribution in [3.05, 3.63) is 78.0 Å². The Morgan fingerprint density at radius 3 is 2.58 bits per heavy atom. The molecule has 0 bridgehead atoms. The SMILES string of the molecule is COc1ccc2ccccc2c1C=NNc1cc(C)nc2ccccc12. The Morgan fingerprint density at radius 1 is 0.962 bits per heavy atom. The molecule has 4 aromatic rings. The van der Waals surface area contributed by atoms with Crippen LogP contribution in [0.3, 0.4) is 0 Å². The van der Waals surface area contributed by atoms with Crippen LogP contribution in [0.5, 0.6) is 5.75 Å². The Bertz CT molecular complexity index is 1120. The highest BCUT2D eigenvalue weighted by Gasteiger charge is 2.06. The van der Waals surface area contributed by atoms with E-state index in [0.717, 1.165) is 44.4 Å². The molecule has 4 rings (SSSR count). The van der Waals surface area contributed by atoms with Gasteiger partial charge >= 0.3 is 0 Å². The van der Waals surface area contributed by atoms with Gasteiger partial charge in [-0.15, -0.1) is 0 Å². The van der Waals surface area contributed by atoms with E-state index in [1.807, 2.05) is 61.7 Å². The van der Waals surface area contributed by atoms with E-state index in [1.165, 1.54) is 0 Å². The van der Waals surface area contributed by atoms with Crippen molar-refractivity contribution >= 4 is 33.6 Å². The van der Waals surface area contributed by atoms with E-state index in [2.05, 4.69) is 33.7 Å². The first kappa shape index (κ1) is 16.1. The van der Waals surface area contributed by atoms with E-state index in [9.17, 15) is 0 Å². The molecule has 3 aromatic carbocycles. The topological polar surface area (TPSA) is 46.5 Å². The Morgan fingerprint density at radius 2 is 1.73 bits per heavy atom. The average Bonchev–Trinajstić information content (AvgIpc) is 2.67. The predicted molar refractivity (Wildman–Crippen MR) is 108 cm³/mol. The monoisotopic (exact) mass is 341 g/mol. The van der Waals surface area contributed by atoms with Crippen molar-refractivity contribution in [1.82, 2.24) is 4.98 Å². The maximum atomic E-state index is 5.52. The average molecular weight is 341 g/mol. The lowest BCUT2D eigenvalue weighted by Crippen LogP contribution is -1.97. The summed E-state index contributed by atoms with van der Waals surface area (Å²) in [5.74, 6) is 0.796. The summed E-state index contributed by atoms with van der Waals surface area (Å²) in [5.41, 5.74) is 6.95. The van der Waals surface area contributed by atoms with Crippen LogP contribution in [0.15, 0.2) is 71.8 Å². The molecule has 0 radical (unpaired) electrons. The summed E-state index contributed by atoms with van der Waals surface area (Å²) < 4.78 is 5.52. The number of fused-ring (bicyclic) bond motifs is 2. The minimum absolute atomic E-state index is 0.796. The number of ether oxygens (including phenoxy) is 1. The van der Waals surface area contributed by atoms with Gasteiger partial charge in [-0.2, -0.15) is 5.10 Å². The molecule has 0 fully saturated rings. The number of rotatable bonds is 4. The standard InChI is InChI=1S/C22H19N3O/c1-15-13-21(18-9-5-6-10-20(18)24-15)25-23-14-19-17-8-4-3-7-16(17)11-12-22(19)26-2/h3-14H,1-2H3,(H,24,25). The van der Waals surface area contributed by atoms with Crippen molar-refractivity contribution in [2.24, 2.45) is 5.10 Å². The fourth-order valence-corrected chi connectivity index (χ4v) is 3.15. The first-order valence-corrected chi connectivity index (χ1v) is 8.47. The van der Waals surface area contributed by atoms with E-state index < -0.39 is 0 Å². The fourth-order valence-electron chi connectivity index (χ4n) is 3.15. The molecule has 26 heavy (non-hydrogen) atoms. The van der Waals surface area contributed by atoms with Gasteiger partial charge in [-0.05, 0) is 35.9 Å². The van der Waals surface area contributed by atoms with Gasteiger partial charge in [0.15, 0.2) is 0 Å². The molecule has 0 amide bonds.